The Morgan fingerprint density at radius 2 is 2.03 bits per heavy atom. The number of rotatable bonds is 7. The normalized spacial score (nSPS) is 14.3. The van der Waals surface area contributed by atoms with Gasteiger partial charge in [0.05, 0.1) is 26.6 Å². The van der Waals surface area contributed by atoms with Gasteiger partial charge in [-0.2, -0.15) is 0 Å². The summed E-state index contributed by atoms with van der Waals surface area (Å²) in [6, 6.07) is 13.7. The number of nitrogens with one attached hydrogen (secondary N) is 1. The lowest BCUT2D eigenvalue weighted by Gasteiger charge is -2.11. The lowest BCUT2D eigenvalue weighted by atomic mass is 10.2. The highest BCUT2D eigenvalue weighted by atomic mass is 35.5. The molecule has 1 saturated carbocycles. The van der Waals surface area contributed by atoms with Crippen LogP contribution in [0.4, 0.5) is 11.4 Å². The number of non-ortho nitro benzene ring substituents is 1. The molecule has 0 unspecified atom stereocenters. The van der Waals surface area contributed by atoms with E-state index in [1.165, 1.54) is 30.0 Å². The van der Waals surface area contributed by atoms with E-state index in [9.17, 15) is 14.9 Å². The van der Waals surface area contributed by atoms with Crippen LogP contribution >= 0.6 is 23.4 Å². The zero-order valence-electron chi connectivity index (χ0n) is 16.0. The zero-order chi connectivity index (χ0) is 21.3. The third-order valence-corrected chi connectivity index (χ3v) is 5.89. The van der Waals surface area contributed by atoms with E-state index in [1.807, 2.05) is 35.0 Å². The molecule has 1 aromatic heterocycles. The molecule has 1 heterocycles. The molecule has 1 N–H and O–H groups in total. The molecule has 1 atom stereocenters. The molecule has 10 heteroatoms. The minimum absolute atomic E-state index is 0.109. The van der Waals surface area contributed by atoms with E-state index in [4.69, 9.17) is 11.6 Å². The fourth-order valence-electron chi connectivity index (χ4n) is 2.88. The number of nitro benzene ring substituents is 1. The van der Waals surface area contributed by atoms with Gasteiger partial charge in [-0.15, -0.1) is 5.10 Å². The summed E-state index contributed by atoms with van der Waals surface area (Å²) in [5.74, 6) is 1.02. The van der Waals surface area contributed by atoms with Crippen molar-refractivity contribution in [2.24, 2.45) is 0 Å². The van der Waals surface area contributed by atoms with E-state index < -0.39 is 10.2 Å². The minimum Gasteiger partial charge on any atom is -0.324 e. The van der Waals surface area contributed by atoms with Gasteiger partial charge < -0.3 is 5.32 Å². The number of aromatic nitrogens is 3. The van der Waals surface area contributed by atoms with Gasteiger partial charge in [-0.05, 0) is 38.0 Å². The quantitative estimate of drug-likeness (QED) is 0.319. The van der Waals surface area contributed by atoms with Gasteiger partial charge in [0, 0.05) is 18.1 Å². The van der Waals surface area contributed by atoms with Crippen LogP contribution in [-0.4, -0.2) is 30.8 Å². The Balaban J connectivity index is 1.48. The molecule has 0 radical (unpaired) electrons. The van der Waals surface area contributed by atoms with Crippen molar-refractivity contribution >= 4 is 40.6 Å². The number of anilines is 1. The Morgan fingerprint density at radius 1 is 1.30 bits per heavy atom. The number of amides is 1. The molecule has 1 aliphatic carbocycles. The van der Waals surface area contributed by atoms with Crippen LogP contribution in [0.2, 0.25) is 5.02 Å². The summed E-state index contributed by atoms with van der Waals surface area (Å²) >= 11 is 7.32. The smallest absolute Gasteiger partial charge is 0.271 e. The molecular formula is C20H18ClN5O3S. The maximum absolute atomic E-state index is 12.6. The van der Waals surface area contributed by atoms with Gasteiger partial charge in [0.25, 0.3) is 5.69 Å². The predicted octanol–water partition coefficient (Wildman–Crippen LogP) is 4.83. The Bertz CT molecular complexity index is 1100. The largest absolute Gasteiger partial charge is 0.324 e. The number of para-hydroxylation sites is 1. The lowest BCUT2D eigenvalue weighted by molar-refractivity contribution is -0.384. The molecule has 1 aliphatic rings. The van der Waals surface area contributed by atoms with Crippen LogP contribution in [0.15, 0.2) is 53.7 Å². The molecule has 0 aliphatic heterocycles. The highest BCUT2D eigenvalue weighted by molar-refractivity contribution is 8.00. The van der Waals surface area contributed by atoms with Gasteiger partial charge in [0.2, 0.25) is 11.1 Å². The molecule has 154 valence electrons. The maximum atomic E-state index is 12.6. The second kappa shape index (κ2) is 8.45. The summed E-state index contributed by atoms with van der Waals surface area (Å²) in [6.07, 6.45) is 2.18. The Hall–Kier alpha value is -2.91. The summed E-state index contributed by atoms with van der Waals surface area (Å²) in [5, 5.41) is 18.3. The molecule has 4 rings (SSSR count). The average Bonchev–Trinajstić information content (AvgIpc) is 3.50. The van der Waals surface area contributed by atoms with Crippen molar-refractivity contribution in [3.63, 3.8) is 0 Å². The van der Waals surface area contributed by atoms with Crippen LogP contribution in [0.5, 0.6) is 0 Å². The van der Waals surface area contributed by atoms with Gasteiger partial charge in [-0.3, -0.25) is 14.9 Å². The third kappa shape index (κ3) is 4.47. The topological polar surface area (TPSA) is 103 Å². The van der Waals surface area contributed by atoms with Crippen LogP contribution < -0.4 is 5.32 Å². The standard InChI is InChI=1S/C20H18ClN5O3S/c1-12(19(27)22-17-10-9-15(26(28)29)11-16(17)21)30-20-23-18(13-7-8-13)25(24-20)14-5-3-2-4-6-14/h2-6,9-13H,7-8H2,1H3,(H,22,27)/t12-/m0/s1. The van der Waals surface area contributed by atoms with Crippen molar-refractivity contribution < 1.29 is 9.72 Å². The van der Waals surface area contributed by atoms with Gasteiger partial charge in [0.15, 0.2) is 0 Å². The van der Waals surface area contributed by atoms with Gasteiger partial charge >= 0.3 is 0 Å². The van der Waals surface area contributed by atoms with Crippen molar-refractivity contribution in [2.75, 3.05) is 5.32 Å². The van der Waals surface area contributed by atoms with Gasteiger partial charge in [-0.1, -0.05) is 41.6 Å². The number of nitro groups is 1. The van der Waals surface area contributed by atoms with Crippen molar-refractivity contribution in [1.82, 2.24) is 14.8 Å². The van der Waals surface area contributed by atoms with Crippen LogP contribution in [0.25, 0.3) is 5.69 Å². The number of carbonyl (C=O) groups excluding carboxylic acids is 1. The monoisotopic (exact) mass is 443 g/mol. The Kier molecular flexibility index (Phi) is 5.74. The van der Waals surface area contributed by atoms with E-state index in [-0.39, 0.29) is 16.6 Å². The van der Waals surface area contributed by atoms with Crippen molar-refractivity contribution in [3.05, 3.63) is 69.5 Å². The molecule has 2 aromatic carbocycles. The number of halogens is 1. The predicted molar refractivity (Wildman–Crippen MR) is 115 cm³/mol. The fraction of sp³-hybridized carbons (Fsp3) is 0.250. The molecule has 1 amide bonds. The molecule has 30 heavy (non-hydrogen) atoms. The van der Waals surface area contributed by atoms with Gasteiger partial charge in [0.1, 0.15) is 5.82 Å². The molecule has 0 bridgehead atoms. The maximum Gasteiger partial charge on any atom is 0.271 e. The first-order valence-corrected chi connectivity index (χ1v) is 10.6. The SMILES string of the molecule is C[C@H](Sc1nc(C2CC2)n(-c2ccccc2)n1)C(=O)Nc1ccc([N+](=O)[O-])cc1Cl. The zero-order valence-corrected chi connectivity index (χ0v) is 17.6. The first-order chi connectivity index (χ1) is 14.4. The number of thioether (sulfide) groups is 1. The number of nitrogens with zero attached hydrogens (tertiary/aromatic N) is 4. The minimum atomic E-state index is -0.540. The van der Waals surface area contributed by atoms with Crippen molar-refractivity contribution in [2.45, 2.75) is 36.1 Å². The highest BCUT2D eigenvalue weighted by Gasteiger charge is 2.31. The van der Waals surface area contributed by atoms with Gasteiger partial charge in [-0.25, -0.2) is 9.67 Å². The van der Waals surface area contributed by atoms with E-state index in [0.717, 1.165) is 24.4 Å². The number of hydrogen-bond acceptors (Lipinski definition) is 6. The second-order valence-electron chi connectivity index (χ2n) is 6.94. The van der Waals surface area contributed by atoms with Crippen LogP contribution in [0.1, 0.15) is 31.5 Å². The molecule has 8 nitrogen and oxygen atoms in total. The van der Waals surface area contributed by atoms with Crippen molar-refractivity contribution in [3.8, 4) is 5.69 Å². The summed E-state index contributed by atoms with van der Waals surface area (Å²) in [4.78, 5) is 27.6. The number of carbonyl (C=O) groups is 1. The summed E-state index contributed by atoms with van der Waals surface area (Å²) < 4.78 is 1.85. The van der Waals surface area contributed by atoms with E-state index in [2.05, 4.69) is 15.4 Å². The first-order valence-electron chi connectivity index (χ1n) is 9.36. The van der Waals surface area contributed by atoms with Crippen LogP contribution in [-0.2, 0) is 4.79 Å². The van der Waals surface area contributed by atoms with Crippen LogP contribution in [0.3, 0.4) is 0 Å². The fourth-order valence-corrected chi connectivity index (χ4v) is 3.86. The van der Waals surface area contributed by atoms with E-state index in [0.29, 0.717) is 16.8 Å². The summed E-state index contributed by atoms with van der Waals surface area (Å²) in [7, 11) is 0. The van der Waals surface area contributed by atoms with Crippen LogP contribution in [0, 0.1) is 10.1 Å². The average molecular weight is 444 g/mol. The van der Waals surface area contributed by atoms with E-state index in [1.54, 1.807) is 6.92 Å². The highest BCUT2D eigenvalue weighted by Crippen LogP contribution is 2.40. The number of benzene rings is 2. The molecule has 0 spiro atoms. The molecular weight excluding hydrogens is 426 g/mol. The third-order valence-electron chi connectivity index (χ3n) is 4.63. The van der Waals surface area contributed by atoms with Crippen molar-refractivity contribution in [1.29, 1.82) is 0 Å². The Labute approximate surface area is 181 Å². The Morgan fingerprint density at radius 3 is 2.67 bits per heavy atom. The first kappa shape index (κ1) is 20.4. The second-order valence-corrected chi connectivity index (χ2v) is 8.66. The molecule has 1 fully saturated rings. The van der Waals surface area contributed by atoms with E-state index >= 15 is 0 Å². The lowest BCUT2D eigenvalue weighted by Crippen LogP contribution is -2.22. The molecule has 3 aromatic rings. The number of hydrogen-bond donors (Lipinski definition) is 1. The summed E-state index contributed by atoms with van der Waals surface area (Å²) in [6.45, 7) is 1.75. The molecule has 0 saturated heterocycles. The summed E-state index contributed by atoms with van der Waals surface area (Å²) in [5.41, 5.74) is 1.12.